The minimum Gasteiger partial charge on any atom is -0.306 e. The highest BCUT2D eigenvalue weighted by Crippen LogP contribution is 2.44. The van der Waals surface area contributed by atoms with Crippen molar-refractivity contribution in [1.82, 2.24) is 9.25 Å². The van der Waals surface area contributed by atoms with E-state index < -0.39 is 0 Å². The van der Waals surface area contributed by atoms with E-state index in [-0.39, 0.29) is 0 Å². The first-order valence-corrected chi connectivity index (χ1v) is 4.17. The first-order chi connectivity index (χ1) is 4.36. The maximum atomic E-state index is 4.11. The SMILES string of the molecule is SN1NC=C(C2CC2)S1. The molecule has 1 aliphatic carbocycles. The van der Waals surface area contributed by atoms with Crippen LogP contribution in [0, 0.1) is 5.92 Å². The Morgan fingerprint density at radius 3 is 3.00 bits per heavy atom. The lowest BCUT2D eigenvalue weighted by Crippen LogP contribution is -2.10. The average molecular weight is 160 g/mol. The van der Waals surface area contributed by atoms with Crippen molar-refractivity contribution < 1.29 is 0 Å². The standard InChI is InChI=1S/C5H8N2S2/c8-7-6-3-5(9-7)4-1-2-4/h3-4,6,8H,1-2H2. The Kier molecular flexibility index (Phi) is 1.39. The summed E-state index contributed by atoms with van der Waals surface area (Å²) in [7, 11) is 0. The molecular formula is C5H8N2S2. The molecule has 0 bridgehead atoms. The molecule has 0 saturated heterocycles. The van der Waals surface area contributed by atoms with Gasteiger partial charge in [0, 0.05) is 11.1 Å². The lowest BCUT2D eigenvalue weighted by molar-refractivity contribution is 0.675. The van der Waals surface area contributed by atoms with Crippen molar-refractivity contribution in [3.8, 4) is 0 Å². The zero-order valence-electron chi connectivity index (χ0n) is 4.87. The Morgan fingerprint density at radius 1 is 1.78 bits per heavy atom. The van der Waals surface area contributed by atoms with Crippen molar-refractivity contribution >= 4 is 24.8 Å². The molecule has 0 aromatic heterocycles. The van der Waals surface area contributed by atoms with Crippen LogP contribution in [0.25, 0.3) is 0 Å². The van der Waals surface area contributed by atoms with Crippen LogP contribution in [-0.4, -0.2) is 3.82 Å². The second kappa shape index (κ2) is 2.11. The number of allylic oxidation sites excluding steroid dienone is 1. The number of thiol groups is 1. The maximum absolute atomic E-state index is 4.11. The van der Waals surface area contributed by atoms with Gasteiger partial charge in [0.15, 0.2) is 0 Å². The summed E-state index contributed by atoms with van der Waals surface area (Å²) in [4.78, 5) is 1.44. The summed E-state index contributed by atoms with van der Waals surface area (Å²) >= 11 is 5.79. The monoisotopic (exact) mass is 160 g/mol. The van der Waals surface area contributed by atoms with Crippen LogP contribution in [0.2, 0.25) is 0 Å². The number of hydrogen-bond acceptors (Lipinski definition) is 4. The van der Waals surface area contributed by atoms with Crippen molar-refractivity contribution in [2.45, 2.75) is 12.8 Å². The van der Waals surface area contributed by atoms with Gasteiger partial charge in [0.05, 0.1) is 0 Å². The van der Waals surface area contributed by atoms with E-state index in [9.17, 15) is 0 Å². The van der Waals surface area contributed by atoms with Gasteiger partial charge in [0.1, 0.15) is 0 Å². The summed E-state index contributed by atoms with van der Waals surface area (Å²) < 4.78 is 1.73. The van der Waals surface area contributed by atoms with Crippen molar-refractivity contribution in [2.24, 2.45) is 5.92 Å². The van der Waals surface area contributed by atoms with Crippen molar-refractivity contribution in [3.05, 3.63) is 11.1 Å². The Bertz CT molecular complexity index is 153. The van der Waals surface area contributed by atoms with Gasteiger partial charge in [-0.1, -0.05) is 12.8 Å². The summed E-state index contributed by atoms with van der Waals surface area (Å²) in [5.74, 6) is 0.847. The fraction of sp³-hybridized carbons (Fsp3) is 0.600. The second-order valence-electron chi connectivity index (χ2n) is 2.31. The van der Waals surface area contributed by atoms with E-state index in [2.05, 4.69) is 18.2 Å². The molecule has 1 heterocycles. The average Bonchev–Trinajstić information content (AvgIpc) is 2.58. The highest BCUT2D eigenvalue weighted by atomic mass is 32.2. The molecule has 1 fully saturated rings. The van der Waals surface area contributed by atoms with Gasteiger partial charge in [-0.25, -0.2) is 0 Å². The fourth-order valence-electron chi connectivity index (χ4n) is 0.832. The fourth-order valence-corrected chi connectivity index (χ4v) is 1.97. The van der Waals surface area contributed by atoms with Crippen LogP contribution in [0.15, 0.2) is 11.1 Å². The smallest absolute Gasteiger partial charge is 0.0258 e. The number of rotatable bonds is 1. The molecule has 0 amide bonds. The van der Waals surface area contributed by atoms with Gasteiger partial charge in [-0.2, -0.15) is 0 Å². The van der Waals surface area contributed by atoms with Gasteiger partial charge in [0.2, 0.25) is 0 Å². The minimum atomic E-state index is 0.847. The molecule has 0 spiro atoms. The molecule has 2 nitrogen and oxygen atoms in total. The van der Waals surface area contributed by atoms with Crippen LogP contribution in [-0.2, 0) is 0 Å². The van der Waals surface area contributed by atoms with Gasteiger partial charge >= 0.3 is 0 Å². The van der Waals surface area contributed by atoms with Gasteiger partial charge in [-0.05, 0) is 30.7 Å². The molecule has 0 radical (unpaired) electrons. The van der Waals surface area contributed by atoms with E-state index >= 15 is 0 Å². The summed E-state index contributed by atoms with van der Waals surface area (Å²) in [6.45, 7) is 0. The van der Waals surface area contributed by atoms with E-state index in [1.807, 2.05) is 6.20 Å². The maximum Gasteiger partial charge on any atom is 0.0258 e. The molecule has 0 atom stereocenters. The first kappa shape index (κ1) is 5.95. The molecular weight excluding hydrogens is 152 g/mol. The van der Waals surface area contributed by atoms with Gasteiger partial charge in [-0.3, -0.25) is 0 Å². The molecule has 1 saturated carbocycles. The summed E-state index contributed by atoms with van der Waals surface area (Å²) in [5, 5.41) is 0. The van der Waals surface area contributed by atoms with E-state index in [0.717, 1.165) is 5.92 Å². The molecule has 50 valence electrons. The Hall–Kier alpha value is 0.200. The lowest BCUT2D eigenvalue weighted by atomic mass is 10.4. The minimum absolute atomic E-state index is 0.847. The highest BCUT2D eigenvalue weighted by molar-refractivity contribution is 8.08. The molecule has 4 heteroatoms. The quantitative estimate of drug-likeness (QED) is 0.447. The topological polar surface area (TPSA) is 15.3 Å². The number of nitrogens with one attached hydrogen (secondary N) is 1. The molecule has 1 aliphatic heterocycles. The number of nitrogens with zero attached hydrogens (tertiary/aromatic N) is 1. The zero-order valence-corrected chi connectivity index (χ0v) is 6.58. The Balaban J connectivity index is 1.98. The van der Waals surface area contributed by atoms with E-state index in [4.69, 9.17) is 0 Å². The van der Waals surface area contributed by atoms with E-state index in [1.54, 1.807) is 15.8 Å². The normalized spacial score (nSPS) is 27.9. The molecule has 2 aliphatic rings. The van der Waals surface area contributed by atoms with Gasteiger partial charge < -0.3 is 5.43 Å². The largest absolute Gasteiger partial charge is 0.306 e. The van der Waals surface area contributed by atoms with Crippen molar-refractivity contribution in [1.29, 1.82) is 0 Å². The molecule has 0 aromatic carbocycles. The predicted molar refractivity (Wildman–Crippen MR) is 42.4 cm³/mol. The van der Waals surface area contributed by atoms with Crippen LogP contribution in [0.1, 0.15) is 12.8 Å². The highest BCUT2D eigenvalue weighted by Gasteiger charge is 2.29. The number of hydrogen-bond donors (Lipinski definition) is 2. The molecule has 0 aromatic rings. The summed E-state index contributed by atoms with van der Waals surface area (Å²) in [6.07, 6.45) is 4.76. The third-order valence-corrected chi connectivity index (χ3v) is 2.79. The van der Waals surface area contributed by atoms with E-state index in [0.29, 0.717) is 0 Å². The third-order valence-electron chi connectivity index (χ3n) is 1.49. The Labute approximate surface area is 64.3 Å². The zero-order chi connectivity index (χ0) is 6.27. The predicted octanol–water partition coefficient (Wildman–Crippen LogP) is 1.55. The van der Waals surface area contributed by atoms with Crippen molar-refractivity contribution in [2.75, 3.05) is 0 Å². The first-order valence-electron chi connectivity index (χ1n) is 2.99. The van der Waals surface area contributed by atoms with Crippen LogP contribution in [0.3, 0.4) is 0 Å². The molecule has 9 heavy (non-hydrogen) atoms. The van der Waals surface area contributed by atoms with Crippen LogP contribution in [0.4, 0.5) is 0 Å². The molecule has 1 N–H and O–H groups in total. The number of hydrazine groups is 1. The lowest BCUT2D eigenvalue weighted by Gasteiger charge is -2.02. The van der Waals surface area contributed by atoms with Gasteiger partial charge in [-0.15, -0.1) is 3.82 Å². The van der Waals surface area contributed by atoms with Crippen LogP contribution >= 0.6 is 24.8 Å². The summed E-state index contributed by atoms with van der Waals surface area (Å²) in [6, 6.07) is 0. The molecule has 2 rings (SSSR count). The van der Waals surface area contributed by atoms with Crippen molar-refractivity contribution in [3.63, 3.8) is 0 Å². The van der Waals surface area contributed by atoms with Crippen LogP contribution in [0.5, 0.6) is 0 Å². The second-order valence-corrected chi connectivity index (χ2v) is 4.00. The Morgan fingerprint density at radius 2 is 2.56 bits per heavy atom. The molecule has 0 unspecified atom stereocenters. The summed E-state index contributed by atoms with van der Waals surface area (Å²) in [5.41, 5.74) is 2.99. The third kappa shape index (κ3) is 1.20. The van der Waals surface area contributed by atoms with Crippen LogP contribution < -0.4 is 5.43 Å². The van der Waals surface area contributed by atoms with Gasteiger partial charge in [0.25, 0.3) is 0 Å². The van der Waals surface area contributed by atoms with E-state index in [1.165, 1.54) is 17.7 Å².